The molecule has 0 atom stereocenters. The molecule has 0 aliphatic rings. The van der Waals surface area contributed by atoms with E-state index in [1.807, 2.05) is 36.4 Å². The van der Waals surface area contributed by atoms with E-state index in [1.54, 1.807) is 48.5 Å². The van der Waals surface area contributed by atoms with Crippen LogP contribution in [-0.4, -0.2) is 16.9 Å². The number of hydrogen-bond acceptors (Lipinski definition) is 3. The van der Waals surface area contributed by atoms with Crippen LogP contribution < -0.4 is 16.0 Å². The highest BCUT2D eigenvalue weighted by Gasteiger charge is 2.09. The van der Waals surface area contributed by atoms with Crippen LogP contribution in [0, 0.1) is 0 Å². The van der Waals surface area contributed by atoms with E-state index < -0.39 is 0 Å². The van der Waals surface area contributed by atoms with Crippen molar-refractivity contribution in [3.63, 3.8) is 0 Å². The molecule has 0 spiro atoms. The highest BCUT2D eigenvalue weighted by molar-refractivity contribution is 7.80. The van der Waals surface area contributed by atoms with Crippen LogP contribution >= 0.6 is 12.2 Å². The zero-order chi connectivity index (χ0) is 19.8. The molecule has 0 bridgehead atoms. The summed E-state index contributed by atoms with van der Waals surface area (Å²) >= 11 is 5.19. The van der Waals surface area contributed by atoms with E-state index in [0.29, 0.717) is 23.4 Å². The second-order valence-corrected chi connectivity index (χ2v) is 6.43. The molecule has 0 aliphatic carbocycles. The second kappa shape index (κ2) is 9.43. The maximum absolute atomic E-state index is 12.4. The summed E-state index contributed by atoms with van der Waals surface area (Å²) in [5.41, 5.74) is 2.65. The summed E-state index contributed by atoms with van der Waals surface area (Å²) in [6, 6.07) is 25.4. The number of rotatable bonds is 5. The first-order valence-corrected chi connectivity index (χ1v) is 9.12. The predicted octanol–water partition coefficient (Wildman–Crippen LogP) is 3.74. The normalized spacial score (nSPS) is 10.0. The first-order valence-electron chi connectivity index (χ1n) is 8.71. The first kappa shape index (κ1) is 19.3. The van der Waals surface area contributed by atoms with Gasteiger partial charge in [-0.15, -0.1) is 0 Å². The van der Waals surface area contributed by atoms with Crippen LogP contribution in [0.4, 0.5) is 5.69 Å². The fourth-order valence-electron chi connectivity index (χ4n) is 2.55. The van der Waals surface area contributed by atoms with Crippen molar-refractivity contribution in [1.82, 2.24) is 10.6 Å². The van der Waals surface area contributed by atoms with E-state index in [-0.39, 0.29) is 16.9 Å². The lowest BCUT2D eigenvalue weighted by Gasteiger charge is -2.11. The Morgan fingerprint density at radius 3 is 2.11 bits per heavy atom. The monoisotopic (exact) mass is 389 g/mol. The molecule has 0 unspecified atom stereocenters. The van der Waals surface area contributed by atoms with Crippen molar-refractivity contribution in [3.8, 4) is 0 Å². The van der Waals surface area contributed by atoms with Gasteiger partial charge in [0.2, 0.25) is 0 Å². The summed E-state index contributed by atoms with van der Waals surface area (Å²) in [5.74, 6) is -0.485. The van der Waals surface area contributed by atoms with Gasteiger partial charge in [0, 0.05) is 23.4 Å². The Hall–Kier alpha value is -3.51. The Bertz CT molecular complexity index is 975. The maximum Gasteiger partial charge on any atom is 0.257 e. The van der Waals surface area contributed by atoms with Crippen LogP contribution in [0.25, 0.3) is 0 Å². The Labute approximate surface area is 168 Å². The minimum atomic E-state index is -0.296. The Morgan fingerprint density at radius 1 is 0.750 bits per heavy atom. The molecule has 0 radical (unpaired) electrons. The molecule has 3 aromatic rings. The van der Waals surface area contributed by atoms with Gasteiger partial charge in [-0.1, -0.05) is 54.6 Å². The highest BCUT2D eigenvalue weighted by atomic mass is 32.1. The molecule has 3 N–H and O–H groups in total. The molecule has 0 heterocycles. The van der Waals surface area contributed by atoms with Crippen LogP contribution in [0.2, 0.25) is 0 Å². The smallest absolute Gasteiger partial charge is 0.257 e. The van der Waals surface area contributed by atoms with Crippen molar-refractivity contribution in [1.29, 1.82) is 0 Å². The van der Waals surface area contributed by atoms with Gasteiger partial charge < -0.3 is 10.6 Å². The van der Waals surface area contributed by atoms with Crippen LogP contribution in [0.1, 0.15) is 26.3 Å². The van der Waals surface area contributed by atoms with Gasteiger partial charge in [0.25, 0.3) is 11.8 Å². The Morgan fingerprint density at radius 2 is 1.39 bits per heavy atom. The van der Waals surface area contributed by atoms with Crippen LogP contribution in [0.15, 0.2) is 84.9 Å². The molecule has 0 saturated carbocycles. The van der Waals surface area contributed by atoms with Crippen molar-refractivity contribution < 1.29 is 9.59 Å². The van der Waals surface area contributed by atoms with E-state index >= 15 is 0 Å². The summed E-state index contributed by atoms with van der Waals surface area (Å²) in [6.07, 6.45) is 0. The summed E-state index contributed by atoms with van der Waals surface area (Å²) < 4.78 is 0. The molecule has 0 aromatic heterocycles. The largest absolute Gasteiger partial charge is 0.348 e. The number of anilines is 1. The number of amides is 2. The summed E-state index contributed by atoms with van der Waals surface area (Å²) in [7, 11) is 0. The molecule has 0 saturated heterocycles. The summed E-state index contributed by atoms with van der Waals surface area (Å²) in [6.45, 7) is 0.447. The van der Waals surface area contributed by atoms with Crippen molar-refractivity contribution in [3.05, 3.63) is 102 Å². The first-order chi connectivity index (χ1) is 13.6. The lowest BCUT2D eigenvalue weighted by atomic mass is 10.1. The SMILES string of the molecule is O=C(NCc1ccccc1)c1cccc(NC(=S)NC(=O)c2ccccc2)c1. The van der Waals surface area contributed by atoms with Gasteiger partial charge in [0.1, 0.15) is 0 Å². The average Bonchev–Trinajstić information content (AvgIpc) is 2.73. The fraction of sp³-hybridized carbons (Fsp3) is 0.0455. The maximum atomic E-state index is 12.4. The van der Waals surface area contributed by atoms with Gasteiger partial charge in [-0.3, -0.25) is 14.9 Å². The van der Waals surface area contributed by atoms with E-state index in [4.69, 9.17) is 12.2 Å². The van der Waals surface area contributed by atoms with Gasteiger partial charge in [0.15, 0.2) is 5.11 Å². The minimum absolute atomic E-state index is 0.163. The van der Waals surface area contributed by atoms with Gasteiger partial charge in [-0.05, 0) is 48.1 Å². The molecular formula is C22H19N3O2S. The van der Waals surface area contributed by atoms with Crippen LogP contribution in [0.5, 0.6) is 0 Å². The van der Waals surface area contributed by atoms with E-state index in [9.17, 15) is 9.59 Å². The summed E-state index contributed by atoms with van der Waals surface area (Å²) in [4.78, 5) is 24.5. The minimum Gasteiger partial charge on any atom is -0.348 e. The quantitative estimate of drug-likeness (QED) is 0.582. The molecule has 2 amide bonds. The number of benzene rings is 3. The third-order valence-corrected chi connectivity index (χ3v) is 4.15. The molecule has 6 heteroatoms. The molecular weight excluding hydrogens is 370 g/mol. The molecule has 3 rings (SSSR count). The van der Waals surface area contributed by atoms with Gasteiger partial charge in [0.05, 0.1) is 0 Å². The van der Waals surface area contributed by atoms with E-state index in [0.717, 1.165) is 5.56 Å². The number of carbonyl (C=O) groups excluding carboxylic acids is 2. The zero-order valence-corrected chi connectivity index (χ0v) is 15.8. The van der Waals surface area contributed by atoms with Crippen molar-refractivity contribution >= 4 is 34.8 Å². The Kier molecular flexibility index (Phi) is 6.49. The van der Waals surface area contributed by atoms with Gasteiger partial charge in [-0.25, -0.2) is 0 Å². The summed E-state index contributed by atoms with van der Waals surface area (Å²) in [5, 5.41) is 8.59. The third-order valence-electron chi connectivity index (χ3n) is 3.94. The fourth-order valence-corrected chi connectivity index (χ4v) is 2.76. The number of nitrogens with one attached hydrogen (secondary N) is 3. The lowest BCUT2D eigenvalue weighted by Crippen LogP contribution is -2.34. The van der Waals surface area contributed by atoms with E-state index in [1.165, 1.54) is 0 Å². The van der Waals surface area contributed by atoms with Crippen molar-refractivity contribution in [2.45, 2.75) is 6.54 Å². The van der Waals surface area contributed by atoms with Crippen LogP contribution in [-0.2, 0) is 6.54 Å². The molecule has 140 valence electrons. The second-order valence-electron chi connectivity index (χ2n) is 6.02. The molecule has 28 heavy (non-hydrogen) atoms. The van der Waals surface area contributed by atoms with E-state index in [2.05, 4.69) is 16.0 Å². The number of thiocarbonyl (C=S) groups is 1. The van der Waals surface area contributed by atoms with Crippen LogP contribution in [0.3, 0.4) is 0 Å². The number of hydrogen-bond donors (Lipinski definition) is 3. The van der Waals surface area contributed by atoms with Crippen molar-refractivity contribution in [2.75, 3.05) is 5.32 Å². The van der Waals surface area contributed by atoms with Gasteiger partial charge in [-0.2, -0.15) is 0 Å². The predicted molar refractivity (Wildman–Crippen MR) is 114 cm³/mol. The standard InChI is InChI=1S/C22H19N3O2S/c26-20(23-15-16-8-3-1-4-9-16)18-12-7-13-19(14-18)24-22(28)25-21(27)17-10-5-2-6-11-17/h1-14H,15H2,(H,23,26)(H2,24,25,27,28). The zero-order valence-electron chi connectivity index (χ0n) is 15.0. The van der Waals surface area contributed by atoms with Gasteiger partial charge >= 0.3 is 0 Å². The molecule has 0 fully saturated rings. The molecule has 0 aliphatic heterocycles. The number of carbonyl (C=O) groups is 2. The average molecular weight is 389 g/mol. The molecule has 5 nitrogen and oxygen atoms in total. The molecule has 3 aromatic carbocycles. The highest BCUT2D eigenvalue weighted by Crippen LogP contribution is 2.11. The lowest BCUT2D eigenvalue weighted by molar-refractivity contribution is 0.0948. The van der Waals surface area contributed by atoms with Crippen molar-refractivity contribution in [2.24, 2.45) is 0 Å². The Balaban J connectivity index is 1.57. The third kappa shape index (κ3) is 5.49. The topological polar surface area (TPSA) is 70.2 Å².